The van der Waals surface area contributed by atoms with Gasteiger partial charge in [0.2, 0.25) is 0 Å². The van der Waals surface area contributed by atoms with Crippen LogP contribution in [0, 0.1) is 11.8 Å². The van der Waals surface area contributed by atoms with E-state index in [-0.39, 0.29) is 0 Å². The molecule has 0 aliphatic heterocycles. The lowest BCUT2D eigenvalue weighted by atomic mass is 9.97. The van der Waals surface area contributed by atoms with Gasteiger partial charge in [0, 0.05) is 12.3 Å². The van der Waals surface area contributed by atoms with Crippen molar-refractivity contribution in [3.63, 3.8) is 0 Å². The molecule has 0 aromatic heterocycles. The lowest BCUT2D eigenvalue weighted by Crippen LogP contribution is -1.93. The van der Waals surface area contributed by atoms with Crippen LogP contribution in [0.4, 0.5) is 0 Å². The van der Waals surface area contributed by atoms with Gasteiger partial charge in [-0.05, 0) is 17.5 Å². The molecule has 0 spiro atoms. The zero-order valence-electron chi connectivity index (χ0n) is 10.8. The Hall–Kier alpha value is -2.00. The predicted molar refractivity (Wildman–Crippen MR) is 77.4 cm³/mol. The first-order chi connectivity index (χ1) is 8.90. The maximum Gasteiger partial charge on any atom is 0.0449 e. The Bertz CT molecular complexity index is 514. The van der Waals surface area contributed by atoms with Gasteiger partial charge in [0.1, 0.15) is 0 Å². The summed E-state index contributed by atoms with van der Waals surface area (Å²) < 4.78 is 0. The summed E-state index contributed by atoms with van der Waals surface area (Å²) in [4.78, 5) is 0. The fourth-order valence-electron chi connectivity index (χ4n) is 1.98. The minimum Gasteiger partial charge on any atom is -0.0979 e. The maximum absolute atomic E-state index is 3.38. The van der Waals surface area contributed by atoms with Crippen LogP contribution in [0.1, 0.15) is 30.4 Å². The van der Waals surface area contributed by atoms with E-state index in [1.165, 1.54) is 11.1 Å². The molecule has 18 heavy (non-hydrogen) atoms. The summed E-state index contributed by atoms with van der Waals surface area (Å²) in [7, 11) is 0. The Labute approximate surface area is 110 Å². The summed E-state index contributed by atoms with van der Waals surface area (Å²) in [5.41, 5.74) is 2.61. The van der Waals surface area contributed by atoms with Crippen LogP contribution in [0.2, 0.25) is 0 Å². The molecule has 90 valence electrons. The summed E-state index contributed by atoms with van der Waals surface area (Å²) in [6.07, 6.45) is 1.90. The average molecular weight is 234 g/mol. The zero-order valence-corrected chi connectivity index (χ0v) is 10.8. The zero-order chi connectivity index (χ0) is 12.6. The third-order valence-electron chi connectivity index (χ3n) is 3.02. The van der Waals surface area contributed by atoms with Crippen molar-refractivity contribution >= 4 is 0 Å². The first-order valence-electron chi connectivity index (χ1n) is 6.47. The van der Waals surface area contributed by atoms with E-state index in [9.17, 15) is 0 Å². The molecule has 0 aliphatic carbocycles. The molecule has 0 fully saturated rings. The molecular weight excluding hydrogens is 216 g/mol. The van der Waals surface area contributed by atoms with Crippen LogP contribution in [-0.2, 0) is 6.42 Å². The SMILES string of the molecule is CC[C@@H](C#CCc1ccccc1)c1ccccc1. The highest BCUT2D eigenvalue weighted by atomic mass is 14.1. The molecule has 1 atom stereocenters. The highest BCUT2D eigenvalue weighted by Crippen LogP contribution is 2.17. The lowest BCUT2D eigenvalue weighted by molar-refractivity contribution is 0.829. The van der Waals surface area contributed by atoms with E-state index >= 15 is 0 Å². The number of hydrogen-bond acceptors (Lipinski definition) is 0. The monoisotopic (exact) mass is 234 g/mol. The number of benzene rings is 2. The Kier molecular flexibility index (Phi) is 4.61. The third kappa shape index (κ3) is 3.50. The fraction of sp³-hybridized carbons (Fsp3) is 0.222. The Morgan fingerprint density at radius 2 is 1.50 bits per heavy atom. The van der Waals surface area contributed by atoms with E-state index < -0.39 is 0 Å². The van der Waals surface area contributed by atoms with Crippen LogP contribution >= 0.6 is 0 Å². The quantitative estimate of drug-likeness (QED) is 0.689. The standard InChI is InChI=1S/C18H18/c1-2-17(18-13-7-4-8-14-18)15-9-12-16-10-5-3-6-11-16/h3-8,10-11,13-14,17H,2,12H2,1H3/t17-/m0/s1. The summed E-state index contributed by atoms with van der Waals surface area (Å²) in [6.45, 7) is 2.19. The van der Waals surface area contributed by atoms with Crippen molar-refractivity contribution in [1.29, 1.82) is 0 Å². The fourth-order valence-corrected chi connectivity index (χ4v) is 1.98. The molecule has 0 heteroatoms. The van der Waals surface area contributed by atoms with E-state index in [2.05, 4.69) is 67.3 Å². The van der Waals surface area contributed by atoms with Crippen LogP contribution in [-0.4, -0.2) is 0 Å². The molecule has 0 amide bonds. The molecule has 0 saturated heterocycles. The second-order valence-corrected chi connectivity index (χ2v) is 4.36. The molecule has 2 rings (SSSR count). The van der Waals surface area contributed by atoms with Crippen molar-refractivity contribution in [2.24, 2.45) is 0 Å². The molecular formula is C18H18. The van der Waals surface area contributed by atoms with Crippen LogP contribution in [0.25, 0.3) is 0 Å². The Balaban J connectivity index is 2.04. The van der Waals surface area contributed by atoms with Gasteiger partial charge in [-0.3, -0.25) is 0 Å². The largest absolute Gasteiger partial charge is 0.0979 e. The van der Waals surface area contributed by atoms with Gasteiger partial charge in [0.25, 0.3) is 0 Å². The summed E-state index contributed by atoms with van der Waals surface area (Å²) >= 11 is 0. The van der Waals surface area contributed by atoms with E-state index in [1.54, 1.807) is 0 Å². The minimum atomic E-state index is 0.356. The Morgan fingerprint density at radius 1 is 0.889 bits per heavy atom. The van der Waals surface area contributed by atoms with Gasteiger partial charge in [-0.1, -0.05) is 79.4 Å². The molecule has 0 nitrogen and oxygen atoms in total. The highest BCUT2D eigenvalue weighted by molar-refractivity contribution is 5.29. The molecule has 0 radical (unpaired) electrons. The number of rotatable bonds is 3. The van der Waals surface area contributed by atoms with Crippen LogP contribution in [0.5, 0.6) is 0 Å². The summed E-state index contributed by atoms with van der Waals surface area (Å²) in [6, 6.07) is 20.9. The average Bonchev–Trinajstić information content (AvgIpc) is 2.46. The molecule has 0 saturated carbocycles. The van der Waals surface area contributed by atoms with Crippen molar-refractivity contribution in [3.8, 4) is 11.8 Å². The van der Waals surface area contributed by atoms with Gasteiger partial charge in [-0.2, -0.15) is 0 Å². The van der Waals surface area contributed by atoms with Crippen molar-refractivity contribution in [3.05, 3.63) is 71.8 Å². The minimum absolute atomic E-state index is 0.356. The smallest absolute Gasteiger partial charge is 0.0449 e. The van der Waals surface area contributed by atoms with Gasteiger partial charge in [0.05, 0.1) is 0 Å². The molecule has 2 aromatic rings. The summed E-state index contributed by atoms with van der Waals surface area (Å²) in [5, 5.41) is 0. The van der Waals surface area contributed by atoms with Crippen molar-refractivity contribution in [1.82, 2.24) is 0 Å². The third-order valence-corrected chi connectivity index (χ3v) is 3.02. The maximum atomic E-state index is 3.38. The summed E-state index contributed by atoms with van der Waals surface area (Å²) in [5.74, 6) is 7.04. The molecule has 0 unspecified atom stereocenters. The molecule has 0 bridgehead atoms. The normalized spacial score (nSPS) is 11.4. The first-order valence-corrected chi connectivity index (χ1v) is 6.47. The van der Waals surface area contributed by atoms with Crippen molar-refractivity contribution in [2.75, 3.05) is 0 Å². The number of hydrogen-bond donors (Lipinski definition) is 0. The molecule has 0 heterocycles. The van der Waals surface area contributed by atoms with E-state index in [0.29, 0.717) is 5.92 Å². The van der Waals surface area contributed by atoms with Crippen LogP contribution in [0.3, 0.4) is 0 Å². The topological polar surface area (TPSA) is 0 Å². The lowest BCUT2D eigenvalue weighted by Gasteiger charge is -2.07. The van der Waals surface area contributed by atoms with E-state index in [4.69, 9.17) is 0 Å². The van der Waals surface area contributed by atoms with Gasteiger partial charge in [0.15, 0.2) is 0 Å². The van der Waals surface area contributed by atoms with Crippen molar-refractivity contribution in [2.45, 2.75) is 25.7 Å². The molecule has 0 aliphatic rings. The van der Waals surface area contributed by atoms with Crippen LogP contribution in [0.15, 0.2) is 60.7 Å². The van der Waals surface area contributed by atoms with Gasteiger partial charge >= 0.3 is 0 Å². The van der Waals surface area contributed by atoms with E-state index in [0.717, 1.165) is 12.8 Å². The van der Waals surface area contributed by atoms with E-state index in [1.807, 2.05) is 12.1 Å². The predicted octanol–water partition coefficient (Wildman–Crippen LogP) is 4.43. The van der Waals surface area contributed by atoms with Gasteiger partial charge in [-0.25, -0.2) is 0 Å². The van der Waals surface area contributed by atoms with Crippen LogP contribution < -0.4 is 0 Å². The molecule has 0 N–H and O–H groups in total. The highest BCUT2D eigenvalue weighted by Gasteiger charge is 2.03. The first kappa shape index (κ1) is 12.5. The van der Waals surface area contributed by atoms with Gasteiger partial charge < -0.3 is 0 Å². The second kappa shape index (κ2) is 6.67. The van der Waals surface area contributed by atoms with Crippen molar-refractivity contribution < 1.29 is 0 Å². The van der Waals surface area contributed by atoms with Gasteiger partial charge in [-0.15, -0.1) is 0 Å². The second-order valence-electron chi connectivity index (χ2n) is 4.36. The molecule has 2 aromatic carbocycles. The Morgan fingerprint density at radius 3 is 2.11 bits per heavy atom.